The van der Waals surface area contributed by atoms with Crippen molar-refractivity contribution in [2.45, 2.75) is 30.2 Å². The van der Waals surface area contributed by atoms with Crippen LogP contribution in [0.5, 0.6) is 0 Å². The van der Waals surface area contributed by atoms with Crippen LogP contribution in [0.3, 0.4) is 0 Å². The Morgan fingerprint density at radius 1 is 1.28 bits per heavy atom. The van der Waals surface area contributed by atoms with E-state index in [4.69, 9.17) is 5.11 Å². The average Bonchev–Trinajstić information content (AvgIpc) is 2.26. The monoisotopic (exact) mass is 381 g/mol. The third-order valence-electron chi connectivity index (χ3n) is 3.22. The van der Waals surface area contributed by atoms with Gasteiger partial charge < -0.3 is 5.11 Å². The van der Waals surface area contributed by atoms with Crippen molar-refractivity contribution >= 4 is 32.6 Å². The highest BCUT2D eigenvalue weighted by molar-refractivity contribution is 14.1. The lowest BCUT2D eigenvalue weighted by Crippen LogP contribution is -2.45. The van der Waals surface area contributed by atoms with E-state index in [1.165, 1.54) is 4.31 Å². The highest BCUT2D eigenvalue weighted by atomic mass is 127. The number of nitrogens with zero attached hydrogens (tertiary/aromatic N) is 1. The molecule has 18 heavy (non-hydrogen) atoms. The first-order valence-electron chi connectivity index (χ1n) is 5.94. The fraction of sp³-hybridized carbons (Fsp3) is 0.500. The number of sulfonamides is 1. The van der Waals surface area contributed by atoms with E-state index in [2.05, 4.69) is 22.6 Å². The minimum absolute atomic E-state index is 0.0569. The van der Waals surface area contributed by atoms with Crippen LogP contribution in [0.15, 0.2) is 29.2 Å². The van der Waals surface area contributed by atoms with Crippen LogP contribution < -0.4 is 0 Å². The van der Waals surface area contributed by atoms with Gasteiger partial charge in [-0.05, 0) is 59.7 Å². The van der Waals surface area contributed by atoms with Crippen LogP contribution in [0, 0.1) is 3.57 Å². The molecule has 1 aromatic carbocycles. The van der Waals surface area contributed by atoms with E-state index in [9.17, 15) is 8.42 Å². The molecular weight excluding hydrogens is 365 g/mol. The lowest BCUT2D eigenvalue weighted by atomic mass is 9.93. The number of halogens is 1. The Morgan fingerprint density at radius 3 is 2.33 bits per heavy atom. The Morgan fingerprint density at radius 2 is 1.89 bits per heavy atom. The first kappa shape index (κ1) is 14.2. The predicted octanol–water partition coefficient (Wildman–Crippen LogP) is 1.83. The summed E-state index contributed by atoms with van der Waals surface area (Å²) in [5.74, 6) is 0. The van der Waals surface area contributed by atoms with Gasteiger partial charge in [0, 0.05) is 16.2 Å². The topological polar surface area (TPSA) is 57.6 Å². The van der Waals surface area contributed by atoms with Crippen molar-refractivity contribution in [3.05, 3.63) is 27.8 Å². The summed E-state index contributed by atoms with van der Waals surface area (Å²) in [5.41, 5.74) is 0. The van der Waals surface area contributed by atoms with Gasteiger partial charge in [-0.2, -0.15) is 4.31 Å². The summed E-state index contributed by atoms with van der Waals surface area (Å²) >= 11 is 2.14. The molecule has 0 aliphatic heterocycles. The molecule has 100 valence electrons. The van der Waals surface area contributed by atoms with Gasteiger partial charge >= 0.3 is 0 Å². The quantitative estimate of drug-likeness (QED) is 0.792. The number of aliphatic hydroxyl groups excluding tert-OH is 1. The maximum atomic E-state index is 12.5. The average molecular weight is 381 g/mol. The number of hydrogen-bond donors (Lipinski definition) is 1. The van der Waals surface area contributed by atoms with Crippen molar-refractivity contribution < 1.29 is 13.5 Å². The molecule has 1 saturated carbocycles. The van der Waals surface area contributed by atoms with E-state index in [1.807, 2.05) is 0 Å². The predicted molar refractivity (Wildman–Crippen MR) is 77.8 cm³/mol. The molecule has 1 aliphatic carbocycles. The first-order chi connectivity index (χ1) is 8.55. The van der Waals surface area contributed by atoms with Crippen molar-refractivity contribution in [2.24, 2.45) is 0 Å². The zero-order valence-electron chi connectivity index (χ0n) is 9.92. The molecule has 0 radical (unpaired) electrons. The lowest BCUT2D eigenvalue weighted by Gasteiger charge is -2.36. The van der Waals surface area contributed by atoms with Crippen molar-refractivity contribution in [3.63, 3.8) is 0 Å². The fourth-order valence-corrected chi connectivity index (χ4v) is 4.05. The second kappa shape index (κ2) is 5.85. The van der Waals surface area contributed by atoms with Gasteiger partial charge in [-0.1, -0.05) is 6.42 Å². The van der Waals surface area contributed by atoms with Gasteiger partial charge in [-0.15, -0.1) is 0 Å². The van der Waals surface area contributed by atoms with E-state index >= 15 is 0 Å². The summed E-state index contributed by atoms with van der Waals surface area (Å²) < 4.78 is 27.4. The van der Waals surface area contributed by atoms with Crippen LogP contribution in [0.2, 0.25) is 0 Å². The van der Waals surface area contributed by atoms with Gasteiger partial charge in [0.1, 0.15) is 0 Å². The standard InChI is InChI=1S/C12H16INO3S/c13-10-4-6-12(7-5-10)18(16,17)14(8-9-15)11-2-1-3-11/h4-7,11,15H,1-3,8-9H2. The van der Waals surface area contributed by atoms with Gasteiger partial charge in [0.25, 0.3) is 0 Å². The third kappa shape index (κ3) is 2.87. The van der Waals surface area contributed by atoms with Crippen molar-refractivity contribution in [2.75, 3.05) is 13.2 Å². The molecule has 0 atom stereocenters. The normalized spacial score (nSPS) is 16.8. The van der Waals surface area contributed by atoms with Crippen molar-refractivity contribution in [1.82, 2.24) is 4.31 Å². The summed E-state index contributed by atoms with van der Waals surface area (Å²) in [6, 6.07) is 6.87. The zero-order valence-corrected chi connectivity index (χ0v) is 12.9. The molecule has 1 aliphatic rings. The summed E-state index contributed by atoms with van der Waals surface area (Å²) in [6.07, 6.45) is 2.85. The number of aliphatic hydroxyl groups is 1. The Labute approximate surface area is 121 Å². The summed E-state index contributed by atoms with van der Waals surface area (Å²) in [6.45, 7) is 0.0408. The largest absolute Gasteiger partial charge is 0.395 e. The van der Waals surface area contributed by atoms with Crippen LogP contribution in [-0.4, -0.2) is 37.0 Å². The highest BCUT2D eigenvalue weighted by Crippen LogP contribution is 2.29. The van der Waals surface area contributed by atoms with E-state index in [0.717, 1.165) is 22.8 Å². The third-order valence-corrected chi connectivity index (χ3v) is 5.91. The van der Waals surface area contributed by atoms with Crippen LogP contribution in [0.1, 0.15) is 19.3 Å². The number of benzene rings is 1. The van der Waals surface area contributed by atoms with Crippen molar-refractivity contribution in [3.8, 4) is 0 Å². The Balaban J connectivity index is 2.29. The molecule has 0 unspecified atom stereocenters. The first-order valence-corrected chi connectivity index (χ1v) is 8.46. The molecule has 1 N–H and O–H groups in total. The fourth-order valence-electron chi connectivity index (χ4n) is 2.01. The molecule has 0 bridgehead atoms. The molecule has 1 aromatic rings. The molecule has 4 nitrogen and oxygen atoms in total. The van der Waals surface area contributed by atoms with Crippen LogP contribution in [0.4, 0.5) is 0 Å². The molecule has 0 amide bonds. The van der Waals surface area contributed by atoms with Gasteiger partial charge in [-0.25, -0.2) is 8.42 Å². The Kier molecular flexibility index (Phi) is 4.63. The number of hydrogen-bond acceptors (Lipinski definition) is 3. The SMILES string of the molecule is O=S(=O)(c1ccc(I)cc1)N(CCO)C1CCC1. The van der Waals surface area contributed by atoms with Gasteiger partial charge in [0.05, 0.1) is 11.5 Å². The molecule has 2 rings (SSSR count). The molecule has 1 fully saturated rings. The van der Waals surface area contributed by atoms with Gasteiger partial charge in [0.15, 0.2) is 0 Å². The molecular formula is C12H16INO3S. The van der Waals surface area contributed by atoms with E-state index in [1.54, 1.807) is 24.3 Å². The minimum atomic E-state index is -3.47. The zero-order chi connectivity index (χ0) is 13.2. The van der Waals surface area contributed by atoms with Crippen LogP contribution in [-0.2, 0) is 10.0 Å². The summed E-state index contributed by atoms with van der Waals surface area (Å²) in [7, 11) is -3.47. The van der Waals surface area contributed by atoms with E-state index in [-0.39, 0.29) is 19.2 Å². The van der Waals surface area contributed by atoms with E-state index < -0.39 is 10.0 Å². The second-order valence-electron chi connectivity index (χ2n) is 4.38. The van der Waals surface area contributed by atoms with Gasteiger partial charge in [0.2, 0.25) is 10.0 Å². The van der Waals surface area contributed by atoms with Crippen LogP contribution >= 0.6 is 22.6 Å². The summed E-state index contributed by atoms with van der Waals surface area (Å²) in [5, 5.41) is 9.05. The second-order valence-corrected chi connectivity index (χ2v) is 7.51. The molecule has 6 heteroatoms. The Hall–Kier alpha value is -0.180. The number of rotatable bonds is 5. The lowest BCUT2D eigenvalue weighted by molar-refractivity contribution is 0.178. The summed E-state index contributed by atoms with van der Waals surface area (Å²) in [4.78, 5) is 0.309. The van der Waals surface area contributed by atoms with Gasteiger partial charge in [-0.3, -0.25) is 0 Å². The minimum Gasteiger partial charge on any atom is -0.395 e. The molecule has 0 heterocycles. The molecule has 0 spiro atoms. The maximum Gasteiger partial charge on any atom is 0.243 e. The molecule has 0 saturated heterocycles. The van der Waals surface area contributed by atoms with Crippen LogP contribution in [0.25, 0.3) is 0 Å². The van der Waals surface area contributed by atoms with Crippen molar-refractivity contribution in [1.29, 1.82) is 0 Å². The Bertz CT molecular complexity index is 497. The maximum absolute atomic E-state index is 12.5. The smallest absolute Gasteiger partial charge is 0.243 e. The molecule has 0 aromatic heterocycles. The van der Waals surface area contributed by atoms with E-state index in [0.29, 0.717) is 4.90 Å². The highest BCUT2D eigenvalue weighted by Gasteiger charge is 2.34.